The number of nitrogens with one attached hydrogen (secondary N) is 2. The van der Waals surface area contributed by atoms with Crippen molar-refractivity contribution in [3.8, 4) is 0 Å². The van der Waals surface area contributed by atoms with Crippen molar-refractivity contribution in [3.63, 3.8) is 0 Å². The van der Waals surface area contributed by atoms with Crippen LogP contribution in [0.5, 0.6) is 0 Å². The molecule has 0 radical (unpaired) electrons. The molecule has 0 amide bonds. The Hall–Kier alpha value is -1.24. The number of aryl methyl sites for hydroxylation is 2. The molecule has 3 N–H and O–H groups in total. The van der Waals surface area contributed by atoms with Crippen molar-refractivity contribution in [1.29, 1.82) is 0 Å². The molecule has 0 saturated carbocycles. The Morgan fingerprint density at radius 3 is 2.84 bits per heavy atom. The predicted octanol–water partition coefficient (Wildman–Crippen LogP) is 1.46. The highest BCUT2D eigenvalue weighted by Gasteiger charge is 2.12. The molecule has 2 rings (SSSR count). The summed E-state index contributed by atoms with van der Waals surface area (Å²) in [7, 11) is 0. The Morgan fingerprint density at radius 2 is 2.21 bits per heavy atom. The molecule has 5 nitrogen and oxygen atoms in total. The lowest BCUT2D eigenvalue weighted by Crippen LogP contribution is -2.32. The number of aromatic nitrogens is 2. The third-order valence-corrected chi connectivity index (χ3v) is 4.46. The van der Waals surface area contributed by atoms with Crippen LogP contribution in [0.2, 0.25) is 0 Å². The molecular formula is C13H19N3O2S. The third-order valence-electron chi connectivity index (χ3n) is 3.36. The first-order valence-electron chi connectivity index (χ1n) is 6.40. The van der Waals surface area contributed by atoms with Crippen LogP contribution in [0.3, 0.4) is 0 Å². The first-order valence-corrected chi connectivity index (χ1v) is 7.21. The number of nitrogens with zero attached hydrogens (tertiary/aromatic N) is 1. The summed E-state index contributed by atoms with van der Waals surface area (Å²) in [6.45, 7) is 6.49. The van der Waals surface area contributed by atoms with Gasteiger partial charge in [0.1, 0.15) is 10.7 Å². The number of fused-ring (bicyclic) bond motifs is 1. The lowest BCUT2D eigenvalue weighted by atomic mass is 10.2. The van der Waals surface area contributed by atoms with Gasteiger partial charge in [-0.1, -0.05) is 6.92 Å². The third kappa shape index (κ3) is 2.86. The van der Waals surface area contributed by atoms with Crippen LogP contribution < -0.4 is 10.9 Å². The van der Waals surface area contributed by atoms with Gasteiger partial charge in [0.05, 0.1) is 18.5 Å². The molecule has 2 heterocycles. The molecule has 0 aliphatic rings. The minimum Gasteiger partial charge on any atom is -0.395 e. The Kier molecular flexibility index (Phi) is 4.34. The molecule has 0 saturated heterocycles. The lowest BCUT2D eigenvalue weighted by molar-refractivity contribution is 0.237. The number of hydrogen-bond donors (Lipinski definition) is 3. The van der Waals surface area contributed by atoms with Crippen LogP contribution in [0.25, 0.3) is 10.2 Å². The van der Waals surface area contributed by atoms with E-state index < -0.39 is 0 Å². The molecular weight excluding hydrogens is 262 g/mol. The normalized spacial score (nSPS) is 13.1. The molecule has 0 spiro atoms. The first kappa shape index (κ1) is 14.2. The van der Waals surface area contributed by atoms with Crippen molar-refractivity contribution in [2.75, 3.05) is 6.61 Å². The second kappa shape index (κ2) is 5.81. The van der Waals surface area contributed by atoms with Gasteiger partial charge in [0.2, 0.25) is 0 Å². The van der Waals surface area contributed by atoms with Crippen molar-refractivity contribution in [3.05, 3.63) is 26.6 Å². The monoisotopic (exact) mass is 281 g/mol. The maximum Gasteiger partial charge on any atom is 0.259 e. The van der Waals surface area contributed by atoms with E-state index in [2.05, 4.69) is 15.3 Å². The number of hydrogen-bond acceptors (Lipinski definition) is 5. The Bertz CT molecular complexity index is 629. The molecule has 0 fully saturated rings. The van der Waals surface area contributed by atoms with Gasteiger partial charge in [0.15, 0.2) is 0 Å². The van der Waals surface area contributed by atoms with Gasteiger partial charge >= 0.3 is 0 Å². The average molecular weight is 281 g/mol. The summed E-state index contributed by atoms with van der Waals surface area (Å²) >= 11 is 1.54. The highest BCUT2D eigenvalue weighted by atomic mass is 32.1. The van der Waals surface area contributed by atoms with Gasteiger partial charge in [-0.05, 0) is 25.8 Å². The van der Waals surface area contributed by atoms with Crippen molar-refractivity contribution in [2.24, 2.45) is 0 Å². The van der Waals surface area contributed by atoms with E-state index in [0.29, 0.717) is 17.8 Å². The van der Waals surface area contributed by atoms with Gasteiger partial charge in [-0.2, -0.15) is 0 Å². The number of H-pyrrole nitrogens is 1. The van der Waals surface area contributed by atoms with Crippen molar-refractivity contribution < 1.29 is 5.11 Å². The molecule has 0 aliphatic carbocycles. The summed E-state index contributed by atoms with van der Waals surface area (Å²) in [5.74, 6) is 0.616. The average Bonchev–Trinajstić information content (AvgIpc) is 2.66. The smallest absolute Gasteiger partial charge is 0.259 e. The Morgan fingerprint density at radius 1 is 1.47 bits per heavy atom. The van der Waals surface area contributed by atoms with Gasteiger partial charge in [0, 0.05) is 10.9 Å². The van der Waals surface area contributed by atoms with Crippen LogP contribution in [0.4, 0.5) is 0 Å². The topological polar surface area (TPSA) is 78.0 Å². The van der Waals surface area contributed by atoms with Gasteiger partial charge in [-0.15, -0.1) is 11.3 Å². The fourth-order valence-corrected chi connectivity index (χ4v) is 3.01. The van der Waals surface area contributed by atoms with Gasteiger partial charge < -0.3 is 15.4 Å². The first-order chi connectivity index (χ1) is 9.06. The SMILES string of the molecule is CCC(CO)NCc1nc2sc(C)c(C)c2c(=O)[nH]1. The van der Waals surface area contributed by atoms with Crippen LogP contribution in [-0.4, -0.2) is 27.7 Å². The van der Waals surface area contributed by atoms with Gasteiger partial charge in [-0.25, -0.2) is 4.98 Å². The second-order valence-electron chi connectivity index (χ2n) is 4.64. The van der Waals surface area contributed by atoms with Gasteiger partial charge in [-0.3, -0.25) is 4.79 Å². The Labute approximate surface area is 115 Å². The van der Waals surface area contributed by atoms with Crippen LogP contribution in [-0.2, 0) is 6.54 Å². The highest BCUT2D eigenvalue weighted by Crippen LogP contribution is 2.25. The van der Waals surface area contributed by atoms with Crippen LogP contribution in [0.15, 0.2) is 4.79 Å². The molecule has 0 bridgehead atoms. The van der Waals surface area contributed by atoms with E-state index in [0.717, 1.165) is 21.7 Å². The van der Waals surface area contributed by atoms with E-state index >= 15 is 0 Å². The second-order valence-corrected chi connectivity index (χ2v) is 5.85. The number of rotatable bonds is 5. The number of aromatic amines is 1. The standard InChI is InChI=1S/C13H19N3O2S/c1-4-9(6-17)14-5-10-15-12(18)11-7(2)8(3)19-13(11)16-10/h9,14,17H,4-6H2,1-3H3,(H,15,16,18). The maximum atomic E-state index is 12.1. The van der Waals surface area contributed by atoms with E-state index in [4.69, 9.17) is 5.11 Å². The minimum absolute atomic E-state index is 0.0350. The maximum absolute atomic E-state index is 12.1. The largest absolute Gasteiger partial charge is 0.395 e. The molecule has 0 aliphatic heterocycles. The quantitative estimate of drug-likeness (QED) is 0.775. The van der Waals surface area contributed by atoms with Crippen molar-refractivity contribution in [1.82, 2.24) is 15.3 Å². The van der Waals surface area contributed by atoms with E-state index in [1.54, 1.807) is 11.3 Å². The van der Waals surface area contributed by atoms with Crippen LogP contribution in [0, 0.1) is 13.8 Å². The summed E-state index contributed by atoms with van der Waals surface area (Å²) in [5, 5.41) is 13.0. The predicted molar refractivity (Wildman–Crippen MR) is 77.7 cm³/mol. The molecule has 0 aromatic carbocycles. The van der Waals surface area contributed by atoms with Crippen LogP contribution in [0.1, 0.15) is 29.6 Å². The summed E-state index contributed by atoms with van der Waals surface area (Å²) in [6.07, 6.45) is 0.834. The highest BCUT2D eigenvalue weighted by molar-refractivity contribution is 7.18. The number of thiophene rings is 1. The van der Waals surface area contributed by atoms with E-state index in [1.165, 1.54) is 0 Å². The summed E-state index contributed by atoms with van der Waals surface area (Å²) in [6, 6.07) is 0.0350. The lowest BCUT2D eigenvalue weighted by Gasteiger charge is -2.13. The van der Waals surface area contributed by atoms with Crippen molar-refractivity contribution >= 4 is 21.6 Å². The molecule has 2 aromatic rings. The summed E-state index contributed by atoms with van der Waals surface area (Å²) in [5.41, 5.74) is 0.927. The van der Waals surface area contributed by atoms with E-state index in [1.807, 2.05) is 20.8 Å². The summed E-state index contributed by atoms with van der Waals surface area (Å²) in [4.78, 5) is 21.2. The van der Waals surface area contributed by atoms with Crippen molar-refractivity contribution in [2.45, 2.75) is 39.8 Å². The molecule has 104 valence electrons. The molecule has 19 heavy (non-hydrogen) atoms. The van der Waals surface area contributed by atoms with E-state index in [-0.39, 0.29) is 18.2 Å². The minimum atomic E-state index is -0.0827. The van der Waals surface area contributed by atoms with E-state index in [9.17, 15) is 4.79 Å². The number of aliphatic hydroxyl groups is 1. The summed E-state index contributed by atoms with van der Waals surface area (Å²) < 4.78 is 0. The molecule has 1 atom stereocenters. The molecule has 6 heteroatoms. The molecule has 2 aromatic heterocycles. The fourth-order valence-electron chi connectivity index (χ4n) is 1.96. The molecule has 1 unspecified atom stereocenters. The van der Waals surface area contributed by atoms with Crippen LogP contribution >= 0.6 is 11.3 Å². The zero-order valence-electron chi connectivity index (χ0n) is 11.4. The fraction of sp³-hybridized carbons (Fsp3) is 0.538. The Balaban J connectivity index is 2.29. The zero-order chi connectivity index (χ0) is 14.0. The number of aliphatic hydroxyl groups excluding tert-OH is 1. The zero-order valence-corrected chi connectivity index (χ0v) is 12.2. The van der Waals surface area contributed by atoms with Gasteiger partial charge in [0.25, 0.3) is 5.56 Å².